The molecule has 1 N–H and O–H groups in total. The van der Waals surface area contributed by atoms with E-state index in [4.69, 9.17) is 16.3 Å². The summed E-state index contributed by atoms with van der Waals surface area (Å²) in [6, 6.07) is 6.62. The van der Waals surface area contributed by atoms with Crippen molar-refractivity contribution in [2.45, 2.75) is 45.3 Å². The summed E-state index contributed by atoms with van der Waals surface area (Å²) in [5, 5.41) is 4.35. The highest BCUT2D eigenvalue weighted by molar-refractivity contribution is 14.1. The molecule has 19 heavy (non-hydrogen) atoms. The molecular formula is C15H23ClINO. The fraction of sp³-hybridized carbons (Fsp3) is 0.600. The Bertz CT molecular complexity index is 409. The lowest BCUT2D eigenvalue weighted by Gasteiger charge is -2.26. The van der Waals surface area contributed by atoms with Crippen molar-refractivity contribution in [1.82, 2.24) is 5.32 Å². The van der Waals surface area contributed by atoms with Gasteiger partial charge in [-0.1, -0.05) is 24.6 Å². The molecular weight excluding hydrogens is 373 g/mol. The number of ether oxygens (including phenoxy) is 1. The van der Waals surface area contributed by atoms with Crippen LogP contribution >= 0.6 is 34.2 Å². The molecule has 108 valence electrons. The van der Waals surface area contributed by atoms with Crippen molar-refractivity contribution >= 4 is 34.2 Å². The topological polar surface area (TPSA) is 21.3 Å². The van der Waals surface area contributed by atoms with E-state index in [9.17, 15) is 0 Å². The SMILES string of the molecule is CCNC(CCC(C)(C)OC)c1ccc(I)c(Cl)c1. The van der Waals surface area contributed by atoms with E-state index in [0.29, 0.717) is 6.04 Å². The van der Waals surface area contributed by atoms with Crippen LogP contribution in [0.1, 0.15) is 45.2 Å². The number of hydrogen-bond acceptors (Lipinski definition) is 2. The summed E-state index contributed by atoms with van der Waals surface area (Å²) in [7, 11) is 1.77. The zero-order chi connectivity index (χ0) is 14.5. The second-order valence-electron chi connectivity index (χ2n) is 5.29. The minimum atomic E-state index is -0.0827. The highest BCUT2D eigenvalue weighted by atomic mass is 127. The van der Waals surface area contributed by atoms with Crippen LogP contribution in [0, 0.1) is 3.57 Å². The molecule has 4 heteroatoms. The summed E-state index contributed by atoms with van der Waals surface area (Å²) in [6.07, 6.45) is 2.04. The van der Waals surface area contributed by atoms with Gasteiger partial charge in [0.15, 0.2) is 0 Å². The molecule has 0 spiro atoms. The lowest BCUT2D eigenvalue weighted by atomic mass is 9.95. The Morgan fingerprint density at radius 3 is 2.63 bits per heavy atom. The Hall–Kier alpha value is 0.160. The molecule has 0 aliphatic rings. The first-order valence-electron chi connectivity index (χ1n) is 6.63. The van der Waals surface area contributed by atoms with Crippen LogP contribution in [0.3, 0.4) is 0 Å². The highest BCUT2D eigenvalue weighted by Gasteiger charge is 2.20. The molecule has 0 saturated heterocycles. The van der Waals surface area contributed by atoms with Crippen molar-refractivity contribution in [2.75, 3.05) is 13.7 Å². The first-order chi connectivity index (χ1) is 8.89. The van der Waals surface area contributed by atoms with Gasteiger partial charge in [0.2, 0.25) is 0 Å². The summed E-state index contributed by atoms with van der Waals surface area (Å²) in [5.74, 6) is 0. The van der Waals surface area contributed by atoms with Gasteiger partial charge in [-0.2, -0.15) is 0 Å². The molecule has 1 rings (SSSR count). The minimum absolute atomic E-state index is 0.0827. The van der Waals surface area contributed by atoms with Crippen molar-refractivity contribution in [3.63, 3.8) is 0 Å². The Labute approximate surface area is 135 Å². The quantitative estimate of drug-likeness (QED) is 0.670. The van der Waals surface area contributed by atoms with E-state index in [1.807, 2.05) is 0 Å². The van der Waals surface area contributed by atoms with Crippen molar-refractivity contribution in [2.24, 2.45) is 0 Å². The molecule has 0 aliphatic carbocycles. The van der Waals surface area contributed by atoms with Crippen LogP contribution < -0.4 is 5.32 Å². The minimum Gasteiger partial charge on any atom is -0.379 e. The van der Waals surface area contributed by atoms with Gasteiger partial charge in [0.05, 0.1) is 10.6 Å². The Kier molecular flexibility index (Phi) is 7.08. The Morgan fingerprint density at radius 1 is 1.42 bits per heavy atom. The normalized spacial score (nSPS) is 13.6. The van der Waals surface area contributed by atoms with Gasteiger partial charge in [0.1, 0.15) is 0 Å². The molecule has 0 radical (unpaired) electrons. The van der Waals surface area contributed by atoms with Crippen LogP contribution in [0.4, 0.5) is 0 Å². The second-order valence-corrected chi connectivity index (χ2v) is 6.86. The molecule has 0 bridgehead atoms. The Morgan fingerprint density at radius 2 is 2.11 bits per heavy atom. The maximum absolute atomic E-state index is 6.22. The van der Waals surface area contributed by atoms with Gasteiger partial charge in [-0.3, -0.25) is 0 Å². The second kappa shape index (κ2) is 7.81. The zero-order valence-corrected chi connectivity index (χ0v) is 15.0. The van der Waals surface area contributed by atoms with Crippen LogP contribution in [0.2, 0.25) is 5.02 Å². The Balaban J connectivity index is 2.79. The van der Waals surface area contributed by atoms with Gasteiger partial charge < -0.3 is 10.1 Å². The van der Waals surface area contributed by atoms with Crippen molar-refractivity contribution in [3.05, 3.63) is 32.4 Å². The third-order valence-electron chi connectivity index (χ3n) is 3.38. The molecule has 1 aromatic rings. The molecule has 0 aliphatic heterocycles. The standard InChI is InChI=1S/C15H23ClINO/c1-5-18-14(8-9-15(2,3)19-4)11-6-7-13(17)12(16)10-11/h6-7,10,14,18H,5,8-9H2,1-4H3. The predicted molar refractivity (Wildman–Crippen MR) is 90.9 cm³/mol. The average Bonchev–Trinajstić information content (AvgIpc) is 2.38. The summed E-state index contributed by atoms with van der Waals surface area (Å²) < 4.78 is 6.58. The van der Waals surface area contributed by atoms with Gasteiger partial charge in [-0.05, 0) is 73.5 Å². The molecule has 0 fully saturated rings. The average molecular weight is 396 g/mol. The fourth-order valence-electron chi connectivity index (χ4n) is 1.96. The number of halogens is 2. The molecule has 1 aromatic carbocycles. The first-order valence-corrected chi connectivity index (χ1v) is 8.08. The van der Waals surface area contributed by atoms with Crippen LogP contribution in [0.5, 0.6) is 0 Å². The van der Waals surface area contributed by atoms with Crippen LogP contribution in [0.25, 0.3) is 0 Å². The van der Waals surface area contributed by atoms with E-state index < -0.39 is 0 Å². The maximum atomic E-state index is 6.22. The van der Waals surface area contributed by atoms with Crippen molar-refractivity contribution in [1.29, 1.82) is 0 Å². The zero-order valence-electron chi connectivity index (χ0n) is 12.1. The first kappa shape index (κ1) is 17.2. The lowest BCUT2D eigenvalue weighted by Crippen LogP contribution is -2.27. The number of nitrogens with one attached hydrogen (secondary N) is 1. The predicted octanol–water partition coefficient (Wildman–Crippen LogP) is 4.80. The molecule has 1 atom stereocenters. The van der Waals surface area contributed by atoms with Gasteiger partial charge >= 0.3 is 0 Å². The van der Waals surface area contributed by atoms with E-state index in [2.05, 4.69) is 66.9 Å². The lowest BCUT2D eigenvalue weighted by molar-refractivity contribution is 0.0117. The third-order valence-corrected chi connectivity index (χ3v) is 4.96. The molecule has 0 aromatic heterocycles. The maximum Gasteiger partial charge on any atom is 0.0623 e. The van der Waals surface area contributed by atoms with E-state index in [-0.39, 0.29) is 5.60 Å². The van der Waals surface area contributed by atoms with Crippen molar-refractivity contribution in [3.8, 4) is 0 Å². The summed E-state index contributed by atoms with van der Waals surface area (Å²) in [4.78, 5) is 0. The van der Waals surface area contributed by atoms with Crippen LogP contribution in [-0.2, 0) is 4.74 Å². The number of rotatable bonds is 7. The van der Waals surface area contributed by atoms with Crippen molar-refractivity contribution < 1.29 is 4.74 Å². The third kappa shape index (κ3) is 5.58. The largest absolute Gasteiger partial charge is 0.379 e. The van der Waals surface area contributed by atoms with Gasteiger partial charge in [-0.15, -0.1) is 0 Å². The molecule has 1 unspecified atom stereocenters. The molecule has 0 saturated carbocycles. The van der Waals surface area contributed by atoms with E-state index in [1.165, 1.54) is 5.56 Å². The van der Waals surface area contributed by atoms with E-state index in [1.54, 1.807) is 7.11 Å². The number of hydrogen-bond donors (Lipinski definition) is 1. The van der Waals surface area contributed by atoms with Gasteiger partial charge in [0, 0.05) is 16.7 Å². The molecule has 2 nitrogen and oxygen atoms in total. The van der Waals surface area contributed by atoms with E-state index in [0.717, 1.165) is 28.0 Å². The summed E-state index contributed by atoms with van der Waals surface area (Å²) >= 11 is 8.47. The number of methoxy groups -OCH3 is 1. The van der Waals surface area contributed by atoms with Gasteiger partial charge in [-0.25, -0.2) is 0 Å². The molecule has 0 heterocycles. The summed E-state index contributed by atoms with van der Waals surface area (Å²) in [6.45, 7) is 7.32. The smallest absolute Gasteiger partial charge is 0.0623 e. The van der Waals surface area contributed by atoms with Crippen LogP contribution in [0.15, 0.2) is 18.2 Å². The van der Waals surface area contributed by atoms with E-state index >= 15 is 0 Å². The summed E-state index contributed by atoms with van der Waals surface area (Å²) in [5.41, 5.74) is 1.17. The number of benzene rings is 1. The monoisotopic (exact) mass is 395 g/mol. The highest BCUT2D eigenvalue weighted by Crippen LogP contribution is 2.28. The molecule has 0 amide bonds. The van der Waals surface area contributed by atoms with Crippen LogP contribution in [-0.4, -0.2) is 19.3 Å². The van der Waals surface area contributed by atoms with Gasteiger partial charge in [0.25, 0.3) is 0 Å². The fourth-order valence-corrected chi connectivity index (χ4v) is 2.48.